The van der Waals surface area contributed by atoms with Gasteiger partial charge in [-0.1, -0.05) is 29.3 Å². The molecule has 136 valence electrons. The number of guanidine groups is 1. The van der Waals surface area contributed by atoms with Crippen LogP contribution in [0.5, 0.6) is 0 Å². The summed E-state index contributed by atoms with van der Waals surface area (Å²) in [6.45, 7) is 3.96. The molecule has 5 nitrogen and oxygen atoms in total. The summed E-state index contributed by atoms with van der Waals surface area (Å²) in [5, 5.41) is 7.60. The molecule has 0 saturated heterocycles. The van der Waals surface area contributed by atoms with Crippen molar-refractivity contribution < 1.29 is 8.42 Å². The third kappa shape index (κ3) is 9.35. The van der Waals surface area contributed by atoms with Gasteiger partial charge in [0.1, 0.15) is 9.84 Å². The Morgan fingerprint density at radius 2 is 1.96 bits per heavy atom. The molecule has 1 rings (SSSR count). The van der Waals surface area contributed by atoms with Crippen molar-refractivity contribution in [3.05, 3.63) is 33.8 Å². The number of nitrogens with zero attached hydrogens (tertiary/aromatic N) is 1. The highest BCUT2D eigenvalue weighted by Gasteiger charge is 2.03. The van der Waals surface area contributed by atoms with Crippen LogP contribution in [0.25, 0.3) is 0 Å². The quantitative estimate of drug-likeness (QED) is 0.384. The van der Waals surface area contributed by atoms with Crippen LogP contribution in [0.1, 0.15) is 25.3 Å². The zero-order valence-corrected chi connectivity index (χ0v) is 16.4. The van der Waals surface area contributed by atoms with E-state index in [0.717, 1.165) is 24.9 Å². The molecule has 24 heavy (non-hydrogen) atoms. The van der Waals surface area contributed by atoms with E-state index in [1.807, 2.05) is 19.1 Å². The molecule has 0 aromatic heterocycles. The zero-order valence-electron chi connectivity index (χ0n) is 14.1. The number of rotatable bonds is 9. The Kier molecular flexibility index (Phi) is 9.48. The fourth-order valence-electron chi connectivity index (χ4n) is 2.07. The fraction of sp³-hybridized carbons (Fsp3) is 0.562. The molecule has 0 amide bonds. The molecule has 0 atom stereocenters. The topological polar surface area (TPSA) is 70.6 Å². The number of aliphatic imine (C=N–C) groups is 1. The summed E-state index contributed by atoms with van der Waals surface area (Å²) in [5.41, 5.74) is 1.06. The maximum atomic E-state index is 11.1. The van der Waals surface area contributed by atoms with Crippen LogP contribution in [0.4, 0.5) is 0 Å². The van der Waals surface area contributed by atoms with E-state index in [0.29, 0.717) is 35.5 Å². The summed E-state index contributed by atoms with van der Waals surface area (Å²) in [5.74, 6) is 0.877. The molecule has 0 radical (unpaired) electrons. The molecule has 1 aromatic rings. The summed E-state index contributed by atoms with van der Waals surface area (Å²) in [6, 6.07) is 5.51. The smallest absolute Gasteiger partial charge is 0.191 e. The molecule has 0 bridgehead atoms. The van der Waals surface area contributed by atoms with E-state index >= 15 is 0 Å². The molecule has 0 aliphatic rings. The maximum Gasteiger partial charge on any atom is 0.191 e. The second-order valence-electron chi connectivity index (χ2n) is 5.51. The monoisotopic (exact) mass is 393 g/mol. The van der Waals surface area contributed by atoms with Gasteiger partial charge in [-0.2, -0.15) is 0 Å². The molecular weight excluding hydrogens is 369 g/mol. The Morgan fingerprint density at radius 3 is 2.58 bits per heavy atom. The van der Waals surface area contributed by atoms with Crippen molar-refractivity contribution in [2.24, 2.45) is 4.99 Å². The first-order valence-electron chi connectivity index (χ1n) is 7.95. The minimum absolute atomic E-state index is 0.175. The van der Waals surface area contributed by atoms with Gasteiger partial charge in [0, 0.05) is 35.9 Å². The molecule has 0 heterocycles. The van der Waals surface area contributed by atoms with Gasteiger partial charge in [-0.05, 0) is 43.9 Å². The molecule has 0 spiro atoms. The Morgan fingerprint density at radius 1 is 1.21 bits per heavy atom. The molecule has 1 aromatic carbocycles. The molecule has 0 unspecified atom stereocenters. The van der Waals surface area contributed by atoms with Crippen molar-refractivity contribution in [1.82, 2.24) is 10.6 Å². The molecule has 2 N–H and O–H groups in total. The number of nitrogens with one attached hydrogen (secondary N) is 2. The first-order valence-corrected chi connectivity index (χ1v) is 10.8. The number of hydrogen-bond acceptors (Lipinski definition) is 3. The van der Waals surface area contributed by atoms with E-state index in [1.165, 1.54) is 6.26 Å². The van der Waals surface area contributed by atoms with Crippen molar-refractivity contribution in [2.45, 2.75) is 26.2 Å². The summed E-state index contributed by atoms with van der Waals surface area (Å²) < 4.78 is 22.2. The van der Waals surface area contributed by atoms with Crippen LogP contribution < -0.4 is 10.6 Å². The van der Waals surface area contributed by atoms with Gasteiger partial charge in [0.2, 0.25) is 0 Å². The molecular formula is C16H25Cl2N3O2S. The minimum atomic E-state index is -2.92. The molecule has 0 aliphatic carbocycles. The van der Waals surface area contributed by atoms with Crippen molar-refractivity contribution in [1.29, 1.82) is 0 Å². The van der Waals surface area contributed by atoms with E-state index in [4.69, 9.17) is 23.2 Å². The van der Waals surface area contributed by atoms with Crippen LogP contribution in [0, 0.1) is 0 Å². The van der Waals surface area contributed by atoms with Gasteiger partial charge in [-0.3, -0.25) is 4.99 Å². The lowest BCUT2D eigenvalue weighted by atomic mass is 10.1. The third-order valence-corrected chi connectivity index (χ3v) is 4.84. The lowest BCUT2D eigenvalue weighted by molar-refractivity contribution is 0.598. The van der Waals surface area contributed by atoms with Crippen LogP contribution in [-0.2, 0) is 16.3 Å². The summed E-state index contributed by atoms with van der Waals surface area (Å²) >= 11 is 12.0. The van der Waals surface area contributed by atoms with Crippen molar-refractivity contribution in [2.75, 3.05) is 31.6 Å². The maximum absolute atomic E-state index is 11.1. The molecule has 0 fully saturated rings. The van der Waals surface area contributed by atoms with E-state index in [9.17, 15) is 8.42 Å². The van der Waals surface area contributed by atoms with Crippen LogP contribution in [0.2, 0.25) is 10.0 Å². The lowest BCUT2D eigenvalue weighted by Crippen LogP contribution is -2.38. The normalized spacial score (nSPS) is 12.2. The van der Waals surface area contributed by atoms with Gasteiger partial charge in [0.25, 0.3) is 0 Å². The Bertz CT molecular complexity index is 649. The lowest BCUT2D eigenvalue weighted by Gasteiger charge is -2.11. The molecule has 0 saturated carbocycles. The van der Waals surface area contributed by atoms with Crippen molar-refractivity contribution >= 4 is 39.0 Å². The first kappa shape index (κ1) is 21.1. The van der Waals surface area contributed by atoms with E-state index in [2.05, 4.69) is 15.6 Å². The highest BCUT2D eigenvalue weighted by Crippen LogP contribution is 2.21. The summed E-state index contributed by atoms with van der Waals surface area (Å²) in [7, 11) is -2.92. The van der Waals surface area contributed by atoms with Gasteiger partial charge >= 0.3 is 0 Å². The van der Waals surface area contributed by atoms with Gasteiger partial charge < -0.3 is 10.6 Å². The van der Waals surface area contributed by atoms with Gasteiger partial charge in [0.15, 0.2) is 5.96 Å². The summed E-state index contributed by atoms with van der Waals surface area (Å²) in [4.78, 5) is 4.49. The number of sulfone groups is 1. The fourth-order valence-corrected chi connectivity index (χ4v) is 3.24. The van der Waals surface area contributed by atoms with Crippen LogP contribution in [0.3, 0.4) is 0 Å². The highest BCUT2D eigenvalue weighted by atomic mass is 35.5. The number of aryl methyl sites for hydroxylation is 1. The number of halogens is 2. The predicted octanol–water partition coefficient (Wildman–Crippen LogP) is 2.92. The average Bonchev–Trinajstić information content (AvgIpc) is 2.48. The predicted molar refractivity (Wildman–Crippen MR) is 103 cm³/mol. The van der Waals surface area contributed by atoms with Crippen molar-refractivity contribution in [3.8, 4) is 0 Å². The third-order valence-electron chi connectivity index (χ3n) is 3.22. The first-order chi connectivity index (χ1) is 11.3. The minimum Gasteiger partial charge on any atom is -0.357 e. The van der Waals surface area contributed by atoms with Gasteiger partial charge in [-0.15, -0.1) is 0 Å². The van der Waals surface area contributed by atoms with Gasteiger partial charge in [0.05, 0.1) is 5.75 Å². The Hall–Kier alpha value is -0.980. The van der Waals surface area contributed by atoms with E-state index in [-0.39, 0.29) is 5.75 Å². The largest absolute Gasteiger partial charge is 0.357 e. The molecule has 0 aliphatic heterocycles. The van der Waals surface area contributed by atoms with Crippen LogP contribution in [0.15, 0.2) is 23.2 Å². The number of benzene rings is 1. The SMILES string of the molecule is CCNC(=NCCCc1ccc(Cl)cc1Cl)NCCCS(C)(=O)=O. The van der Waals surface area contributed by atoms with E-state index in [1.54, 1.807) is 6.07 Å². The van der Waals surface area contributed by atoms with E-state index < -0.39 is 9.84 Å². The van der Waals surface area contributed by atoms with Crippen LogP contribution >= 0.6 is 23.2 Å². The molecule has 8 heteroatoms. The second kappa shape index (κ2) is 10.8. The van der Waals surface area contributed by atoms with Crippen LogP contribution in [-0.4, -0.2) is 46.0 Å². The highest BCUT2D eigenvalue weighted by molar-refractivity contribution is 7.90. The Labute approximate surface area is 154 Å². The summed E-state index contributed by atoms with van der Waals surface area (Å²) in [6.07, 6.45) is 3.49. The van der Waals surface area contributed by atoms with Crippen molar-refractivity contribution in [3.63, 3.8) is 0 Å². The van der Waals surface area contributed by atoms with Gasteiger partial charge in [-0.25, -0.2) is 8.42 Å². The second-order valence-corrected chi connectivity index (χ2v) is 8.61. The average molecular weight is 394 g/mol. The standard InChI is InChI=1S/C16H25Cl2N3O2S/c1-3-19-16(21-10-5-11-24(2,22)23)20-9-4-6-13-7-8-14(17)12-15(13)18/h7-8,12H,3-6,9-11H2,1-2H3,(H2,19,20,21). The number of hydrogen-bond donors (Lipinski definition) is 2. The Balaban J connectivity index is 2.39. The zero-order chi connectivity index (χ0) is 18.0.